The van der Waals surface area contributed by atoms with Crippen LogP contribution in [-0.2, 0) is 4.74 Å². The molecule has 1 N–H and O–H groups in total. The maximum absolute atomic E-state index is 5.75. The monoisotopic (exact) mass is 280 g/mol. The summed E-state index contributed by atoms with van der Waals surface area (Å²) in [7, 11) is 0. The molecule has 0 radical (unpaired) electrons. The second-order valence-corrected chi connectivity index (χ2v) is 6.64. The molecule has 2 nitrogen and oxygen atoms in total. The van der Waals surface area contributed by atoms with E-state index in [0.29, 0.717) is 0 Å². The van der Waals surface area contributed by atoms with Crippen molar-refractivity contribution < 1.29 is 9.64 Å². The number of benzene rings is 1. The van der Waals surface area contributed by atoms with Gasteiger partial charge in [0.15, 0.2) is 0 Å². The smallest absolute Gasteiger partial charge is 0.101 e. The van der Waals surface area contributed by atoms with Gasteiger partial charge in [0.2, 0.25) is 0 Å². The minimum absolute atomic E-state index is 0.863. The van der Waals surface area contributed by atoms with Crippen molar-refractivity contribution in [2.24, 2.45) is 5.92 Å². The molecule has 2 rings (SSSR count). The maximum atomic E-state index is 5.75. The summed E-state index contributed by atoms with van der Waals surface area (Å²) in [4.78, 5) is 3.07. The number of quaternary nitrogens is 1. The zero-order chi connectivity index (χ0) is 13.3. The second kappa shape index (κ2) is 8.62. The van der Waals surface area contributed by atoms with E-state index in [-0.39, 0.29) is 0 Å². The minimum Gasteiger partial charge on any atom is -0.375 e. The Balaban J connectivity index is 1.48. The molecule has 0 saturated carbocycles. The van der Waals surface area contributed by atoms with Crippen LogP contribution in [0.3, 0.4) is 0 Å². The lowest BCUT2D eigenvalue weighted by molar-refractivity contribution is -0.908. The lowest BCUT2D eigenvalue weighted by atomic mass is 10.0. The van der Waals surface area contributed by atoms with E-state index in [1.54, 1.807) is 4.90 Å². The van der Waals surface area contributed by atoms with E-state index in [0.717, 1.165) is 24.9 Å². The maximum Gasteiger partial charge on any atom is 0.101 e. The van der Waals surface area contributed by atoms with Gasteiger partial charge in [-0.2, -0.15) is 0 Å². The number of rotatable bonds is 7. The molecule has 1 heterocycles. The predicted molar refractivity (Wildman–Crippen MR) is 81.9 cm³/mol. The number of ether oxygens (including phenoxy) is 1. The van der Waals surface area contributed by atoms with E-state index >= 15 is 0 Å². The molecule has 3 heteroatoms. The number of piperidine rings is 1. The predicted octanol–water partition coefficient (Wildman–Crippen LogP) is 2.11. The SMILES string of the molecule is C[C@@H]1CCC[NH+](CCOCCSc2ccccc2)C1. The van der Waals surface area contributed by atoms with Gasteiger partial charge >= 0.3 is 0 Å². The molecule has 1 aromatic carbocycles. The van der Waals surface area contributed by atoms with Crippen LogP contribution in [0.1, 0.15) is 19.8 Å². The van der Waals surface area contributed by atoms with Gasteiger partial charge in [-0.25, -0.2) is 0 Å². The van der Waals surface area contributed by atoms with Crippen molar-refractivity contribution in [2.75, 3.05) is 38.6 Å². The third-order valence-electron chi connectivity index (χ3n) is 3.70. The quantitative estimate of drug-likeness (QED) is 0.607. The van der Waals surface area contributed by atoms with Crippen LogP contribution >= 0.6 is 11.8 Å². The van der Waals surface area contributed by atoms with Gasteiger partial charge < -0.3 is 9.64 Å². The molecule has 0 amide bonds. The molecule has 106 valence electrons. The number of nitrogens with one attached hydrogen (secondary N) is 1. The molecule has 19 heavy (non-hydrogen) atoms. The van der Waals surface area contributed by atoms with E-state index in [2.05, 4.69) is 37.3 Å². The molecule has 0 aromatic heterocycles. The molecule has 2 atom stereocenters. The van der Waals surface area contributed by atoms with E-state index in [1.807, 2.05) is 11.8 Å². The van der Waals surface area contributed by atoms with Crippen LogP contribution in [0.2, 0.25) is 0 Å². The first-order valence-electron chi connectivity index (χ1n) is 7.44. The Morgan fingerprint density at radius 1 is 1.26 bits per heavy atom. The highest BCUT2D eigenvalue weighted by Gasteiger charge is 2.18. The Morgan fingerprint density at radius 2 is 2.11 bits per heavy atom. The number of hydrogen-bond acceptors (Lipinski definition) is 2. The molecule has 1 fully saturated rings. The van der Waals surface area contributed by atoms with Crippen LogP contribution < -0.4 is 4.90 Å². The first kappa shape index (κ1) is 14.9. The Labute approximate surface area is 121 Å². The third kappa shape index (κ3) is 5.98. The van der Waals surface area contributed by atoms with Crippen molar-refractivity contribution in [3.63, 3.8) is 0 Å². The highest BCUT2D eigenvalue weighted by Crippen LogP contribution is 2.16. The summed E-state index contributed by atoms with van der Waals surface area (Å²) < 4.78 is 5.75. The Bertz CT molecular complexity index is 344. The number of hydrogen-bond donors (Lipinski definition) is 1. The van der Waals surface area contributed by atoms with Gasteiger partial charge in [0.05, 0.1) is 26.3 Å². The van der Waals surface area contributed by atoms with Crippen molar-refractivity contribution in [3.8, 4) is 0 Å². The summed E-state index contributed by atoms with van der Waals surface area (Å²) in [6, 6.07) is 10.5. The highest BCUT2D eigenvalue weighted by molar-refractivity contribution is 7.99. The Morgan fingerprint density at radius 3 is 2.89 bits per heavy atom. The van der Waals surface area contributed by atoms with Gasteiger partial charge in [-0.1, -0.05) is 25.1 Å². The first-order valence-corrected chi connectivity index (χ1v) is 8.42. The topological polar surface area (TPSA) is 13.7 Å². The summed E-state index contributed by atoms with van der Waals surface area (Å²) in [5.41, 5.74) is 0. The largest absolute Gasteiger partial charge is 0.375 e. The fourth-order valence-corrected chi connectivity index (χ4v) is 3.46. The van der Waals surface area contributed by atoms with Gasteiger partial charge in [-0.15, -0.1) is 11.8 Å². The van der Waals surface area contributed by atoms with Crippen molar-refractivity contribution >= 4 is 11.8 Å². The van der Waals surface area contributed by atoms with Crippen LogP contribution in [0, 0.1) is 5.92 Å². The van der Waals surface area contributed by atoms with Crippen LogP contribution in [0.25, 0.3) is 0 Å². The standard InChI is InChI=1S/C16H25NOS/c1-15-6-5-9-17(14-15)10-11-18-12-13-19-16-7-3-2-4-8-16/h2-4,7-8,15H,5-6,9-14H2,1H3/p+1/t15-/m1/s1. The van der Waals surface area contributed by atoms with Gasteiger partial charge in [-0.05, 0) is 25.0 Å². The van der Waals surface area contributed by atoms with Crippen LogP contribution in [0.15, 0.2) is 35.2 Å². The Hall–Kier alpha value is -0.510. The van der Waals surface area contributed by atoms with Crippen LogP contribution in [0.5, 0.6) is 0 Å². The summed E-state index contributed by atoms with van der Waals surface area (Å²) >= 11 is 1.88. The average molecular weight is 280 g/mol. The summed E-state index contributed by atoms with van der Waals surface area (Å²) in [6.07, 6.45) is 2.80. The number of thioether (sulfide) groups is 1. The van der Waals surface area contributed by atoms with Crippen molar-refractivity contribution in [1.29, 1.82) is 0 Å². The molecule has 0 aliphatic carbocycles. The third-order valence-corrected chi connectivity index (χ3v) is 4.68. The Kier molecular flexibility index (Phi) is 6.75. The van der Waals surface area contributed by atoms with E-state index in [1.165, 1.54) is 37.4 Å². The normalized spacial score (nSPS) is 23.4. The van der Waals surface area contributed by atoms with Crippen molar-refractivity contribution in [2.45, 2.75) is 24.7 Å². The minimum atomic E-state index is 0.863. The lowest BCUT2D eigenvalue weighted by Crippen LogP contribution is -3.14. The first-order chi connectivity index (χ1) is 9.34. The average Bonchev–Trinajstić information content (AvgIpc) is 2.44. The van der Waals surface area contributed by atoms with Crippen molar-refractivity contribution in [3.05, 3.63) is 30.3 Å². The molecule has 0 spiro atoms. The second-order valence-electron chi connectivity index (χ2n) is 5.48. The zero-order valence-electron chi connectivity index (χ0n) is 11.9. The summed E-state index contributed by atoms with van der Waals surface area (Å²) in [6.45, 7) is 8.01. The molecule has 1 saturated heterocycles. The molecule has 0 bridgehead atoms. The summed E-state index contributed by atoms with van der Waals surface area (Å²) in [5.74, 6) is 1.95. The van der Waals surface area contributed by atoms with Gasteiger partial charge in [0.25, 0.3) is 0 Å². The van der Waals surface area contributed by atoms with E-state index in [4.69, 9.17) is 4.74 Å². The molecule has 1 aliphatic heterocycles. The van der Waals surface area contributed by atoms with Crippen LogP contribution in [-0.4, -0.2) is 38.6 Å². The molecular formula is C16H26NOS+. The molecule has 1 aromatic rings. The van der Waals surface area contributed by atoms with Crippen LogP contribution in [0.4, 0.5) is 0 Å². The molecular weight excluding hydrogens is 254 g/mol. The van der Waals surface area contributed by atoms with Gasteiger partial charge in [0, 0.05) is 16.6 Å². The van der Waals surface area contributed by atoms with E-state index < -0.39 is 0 Å². The lowest BCUT2D eigenvalue weighted by Gasteiger charge is -2.27. The highest BCUT2D eigenvalue weighted by atomic mass is 32.2. The zero-order valence-corrected chi connectivity index (χ0v) is 12.8. The van der Waals surface area contributed by atoms with Gasteiger partial charge in [0.1, 0.15) is 6.54 Å². The van der Waals surface area contributed by atoms with Crippen molar-refractivity contribution in [1.82, 2.24) is 0 Å². The fourth-order valence-electron chi connectivity index (χ4n) is 2.68. The molecule has 1 unspecified atom stereocenters. The summed E-state index contributed by atoms with van der Waals surface area (Å²) in [5, 5.41) is 0. The van der Waals surface area contributed by atoms with E-state index in [9.17, 15) is 0 Å². The fraction of sp³-hybridized carbons (Fsp3) is 0.625. The van der Waals surface area contributed by atoms with Gasteiger partial charge in [-0.3, -0.25) is 0 Å². The number of likely N-dealkylation sites (tertiary alicyclic amines) is 1. The molecule has 1 aliphatic rings.